The maximum absolute atomic E-state index is 14.5. The topological polar surface area (TPSA) is 292 Å². The van der Waals surface area contributed by atoms with Crippen LogP contribution in [0.1, 0.15) is 133 Å². The largest absolute Gasteiger partial charge is 0.368 e. The first-order chi connectivity index (χ1) is 33.0. The van der Waals surface area contributed by atoms with Gasteiger partial charge in [0.2, 0.25) is 53.2 Å². The molecule has 378 valence electrons. The molecule has 3 rings (SSSR count). The fraction of sp³-hybridized carbons (Fsp3) is 0.540. The van der Waals surface area contributed by atoms with Crippen molar-refractivity contribution in [2.75, 3.05) is 6.54 Å². The second-order valence-corrected chi connectivity index (χ2v) is 17.5. The van der Waals surface area contributed by atoms with Crippen LogP contribution in [0.5, 0.6) is 0 Å². The smallest absolute Gasteiger partial charge is 0.243 e. The van der Waals surface area contributed by atoms with E-state index in [4.69, 9.17) is 5.73 Å². The Morgan fingerprint density at radius 3 is 1.94 bits per heavy atom. The van der Waals surface area contributed by atoms with Crippen LogP contribution in [0.15, 0.2) is 43.6 Å². The number of carbonyl (C=O) groups excluding carboxylic acids is 9. The summed E-state index contributed by atoms with van der Waals surface area (Å²) in [6, 6.07) is -1.19. The maximum atomic E-state index is 14.5. The van der Waals surface area contributed by atoms with Gasteiger partial charge in [-0.1, -0.05) is 96.4 Å². The fourth-order valence-electron chi connectivity index (χ4n) is 8.01. The number of benzene rings is 1. The second kappa shape index (κ2) is 29.2. The molecule has 0 spiro atoms. The van der Waals surface area contributed by atoms with Gasteiger partial charge in [0.05, 0.1) is 0 Å². The van der Waals surface area contributed by atoms with Crippen molar-refractivity contribution >= 4 is 65.3 Å². The lowest BCUT2D eigenvalue weighted by molar-refractivity contribution is -0.136. The van der Waals surface area contributed by atoms with Gasteiger partial charge in [0.15, 0.2) is 0 Å². The summed E-state index contributed by atoms with van der Waals surface area (Å²) in [6.45, 7) is 16.5. The van der Waals surface area contributed by atoms with Gasteiger partial charge >= 0.3 is 0 Å². The molecule has 19 nitrogen and oxygen atoms in total. The van der Waals surface area contributed by atoms with E-state index in [0.717, 1.165) is 17.5 Å². The zero-order valence-electron chi connectivity index (χ0n) is 40.9. The lowest BCUT2D eigenvalue weighted by atomic mass is 9.98. The minimum atomic E-state index is -1.33. The number of primary amides is 1. The number of unbranched alkanes of at least 4 members (excludes halogenated alkanes) is 2. The first kappa shape index (κ1) is 56.5. The Kier molecular flexibility index (Phi) is 23.9. The van der Waals surface area contributed by atoms with Crippen LogP contribution < -0.4 is 48.3 Å². The number of carbonyl (C=O) groups is 9. The van der Waals surface area contributed by atoms with Crippen LogP contribution in [0, 0.1) is 6.92 Å². The lowest BCUT2D eigenvalue weighted by Gasteiger charge is -2.28. The molecule has 0 saturated carbocycles. The Labute approximate surface area is 405 Å². The van der Waals surface area contributed by atoms with Crippen LogP contribution in [-0.4, -0.2) is 107 Å². The average molecular weight is 959 g/mol. The number of amides is 9. The van der Waals surface area contributed by atoms with Gasteiger partial charge in [-0.05, 0) is 68.2 Å². The summed E-state index contributed by atoms with van der Waals surface area (Å²) in [5.41, 5.74) is 9.19. The number of H-pyrrole nitrogens is 1. The molecule has 1 aliphatic heterocycles. The van der Waals surface area contributed by atoms with Crippen LogP contribution in [0.2, 0.25) is 0 Å². The molecule has 1 aliphatic rings. The molecule has 1 aromatic heterocycles. The first-order valence-corrected chi connectivity index (χ1v) is 24.1. The highest BCUT2D eigenvalue weighted by Gasteiger charge is 2.35. The predicted octanol–water partition coefficient (Wildman–Crippen LogP) is 2.16. The number of nitrogens with one attached hydrogen (secondary N) is 9. The molecule has 1 saturated heterocycles. The van der Waals surface area contributed by atoms with E-state index >= 15 is 0 Å². The van der Waals surface area contributed by atoms with Crippen molar-refractivity contribution < 1.29 is 43.2 Å². The highest BCUT2D eigenvalue weighted by atomic mass is 16.2. The minimum absolute atomic E-state index is 0.00175. The molecular formula is C50H74N10O9. The van der Waals surface area contributed by atoms with E-state index in [0.29, 0.717) is 42.5 Å². The zero-order chi connectivity index (χ0) is 51.0. The van der Waals surface area contributed by atoms with Crippen molar-refractivity contribution in [1.82, 2.24) is 47.5 Å². The predicted molar refractivity (Wildman–Crippen MR) is 263 cm³/mol. The van der Waals surface area contributed by atoms with Crippen molar-refractivity contribution in [2.45, 2.75) is 167 Å². The lowest BCUT2D eigenvalue weighted by Crippen LogP contribution is -2.60. The summed E-state index contributed by atoms with van der Waals surface area (Å²) in [5.74, 6) is -6.08. The summed E-state index contributed by atoms with van der Waals surface area (Å²) < 4.78 is 0. The van der Waals surface area contributed by atoms with Crippen molar-refractivity contribution in [2.24, 2.45) is 5.73 Å². The Morgan fingerprint density at radius 1 is 0.754 bits per heavy atom. The van der Waals surface area contributed by atoms with Gasteiger partial charge in [-0.25, -0.2) is 0 Å². The molecule has 19 heteroatoms. The summed E-state index contributed by atoms with van der Waals surface area (Å²) in [5, 5.41) is 21.9. The summed E-state index contributed by atoms with van der Waals surface area (Å²) in [6.07, 6.45) is 7.95. The van der Waals surface area contributed by atoms with Crippen molar-refractivity contribution in [3.05, 3.63) is 71.6 Å². The summed E-state index contributed by atoms with van der Waals surface area (Å²) >= 11 is 0. The molecule has 7 atom stereocenters. The van der Waals surface area contributed by atoms with E-state index in [1.807, 2.05) is 39.0 Å². The van der Waals surface area contributed by atoms with E-state index in [1.165, 1.54) is 6.92 Å². The third-order valence-corrected chi connectivity index (χ3v) is 12.0. The van der Waals surface area contributed by atoms with Crippen LogP contribution in [0.25, 0.3) is 12.2 Å². The van der Waals surface area contributed by atoms with Crippen molar-refractivity contribution in [3.63, 3.8) is 0 Å². The van der Waals surface area contributed by atoms with Crippen LogP contribution >= 0.6 is 0 Å². The molecule has 0 unspecified atom stereocenters. The number of hydrogen-bond acceptors (Lipinski definition) is 9. The molecule has 1 fully saturated rings. The molecule has 2 aromatic rings. The summed E-state index contributed by atoms with van der Waals surface area (Å²) in [7, 11) is 0. The fourth-order valence-corrected chi connectivity index (χ4v) is 8.01. The first-order valence-electron chi connectivity index (χ1n) is 24.1. The van der Waals surface area contributed by atoms with E-state index in [9.17, 15) is 43.2 Å². The van der Waals surface area contributed by atoms with E-state index in [-0.39, 0.29) is 64.3 Å². The molecule has 9 amide bonds. The van der Waals surface area contributed by atoms with Gasteiger partial charge in [-0.3, -0.25) is 43.2 Å². The highest BCUT2D eigenvalue weighted by Crippen LogP contribution is 2.20. The number of aromatic nitrogens is 1. The van der Waals surface area contributed by atoms with Gasteiger partial charge in [0.1, 0.15) is 42.3 Å². The number of aryl methyl sites for hydroxylation is 1. The van der Waals surface area contributed by atoms with E-state index in [1.54, 1.807) is 31.3 Å². The normalized spacial score (nSPS) is 22.0. The van der Waals surface area contributed by atoms with Crippen LogP contribution in [-0.2, 0) is 56.0 Å². The molecule has 0 aliphatic carbocycles. The number of rotatable bonds is 18. The van der Waals surface area contributed by atoms with Gasteiger partial charge in [0.25, 0.3) is 0 Å². The maximum Gasteiger partial charge on any atom is 0.243 e. The monoisotopic (exact) mass is 959 g/mol. The zero-order valence-corrected chi connectivity index (χ0v) is 40.9. The molecule has 2 heterocycles. The van der Waals surface area contributed by atoms with Crippen LogP contribution in [0.3, 0.4) is 0 Å². The van der Waals surface area contributed by atoms with E-state index in [2.05, 4.69) is 60.7 Å². The number of hydrogen-bond donors (Lipinski definition) is 10. The summed E-state index contributed by atoms with van der Waals surface area (Å²) in [4.78, 5) is 126. The molecule has 0 bridgehead atoms. The van der Waals surface area contributed by atoms with Crippen molar-refractivity contribution in [1.29, 1.82) is 0 Å². The Bertz CT molecular complexity index is 2140. The van der Waals surface area contributed by atoms with Crippen LogP contribution in [0.4, 0.5) is 0 Å². The molecule has 69 heavy (non-hydrogen) atoms. The number of aromatic amines is 1. The molecular weight excluding hydrogens is 885 g/mol. The van der Waals surface area contributed by atoms with Gasteiger partial charge in [0, 0.05) is 50.2 Å². The van der Waals surface area contributed by atoms with Gasteiger partial charge in [-0.15, -0.1) is 0 Å². The Morgan fingerprint density at radius 2 is 1.35 bits per heavy atom. The quantitative estimate of drug-likeness (QED) is 0.105. The molecule has 0 radical (unpaired) electrons. The minimum Gasteiger partial charge on any atom is -0.368 e. The van der Waals surface area contributed by atoms with Gasteiger partial charge < -0.3 is 53.3 Å². The standard InChI is InChI=1S/C50H74N10O9/c1-8-13-21-38(54-31(7)61)46(65)58-40-24-25-43(62)52-26-17-23-36(44(51)63)55-49(68)42(28-33-29-53-35(12-5)34(33)11-4)60-47(66)39(22-14-9-2)57-50(69)41(27-32-20-16-15-19-30(32)6)59-45(64)37(18-10-3)56-48(40)67/h11-12,15-16,19-20,29,36-42,53H,4-5,8-10,13-14,17-18,21-28H2,1-3,6-7H3,(H2,51,63)(H,52,62)(H,54,61)(H,55,68)(H,56,67)(H,57,69)(H,58,65)(H,59,64)(H,60,66)/t36-,37-,38-,39-,40-,41+,42-/m0/s1. The van der Waals surface area contributed by atoms with Gasteiger partial charge in [-0.2, -0.15) is 0 Å². The number of nitrogens with two attached hydrogens (primary N) is 1. The Hall–Kier alpha value is -6.79. The van der Waals surface area contributed by atoms with E-state index < -0.39 is 95.5 Å². The third-order valence-electron chi connectivity index (χ3n) is 12.0. The Balaban J connectivity index is 2.13. The second-order valence-electron chi connectivity index (χ2n) is 17.5. The third kappa shape index (κ3) is 18.3. The molecule has 1 aromatic carbocycles. The SMILES string of the molecule is C=Cc1[nH]cc(C[C@@H]2NC(=O)[C@H](CCCC)NC(=O)[C@@H](Cc3ccccc3C)NC(=O)[C@H](CCC)NC(=O)[C@@H](NC(=O)[C@H](CCCC)NC(C)=O)CCC(=O)NCCC[C@@H](C(N)=O)NC2=O)c1C=C. The van der Waals surface area contributed by atoms with Crippen molar-refractivity contribution in [3.8, 4) is 0 Å². The highest BCUT2D eigenvalue weighted by molar-refractivity contribution is 5.98. The molecule has 11 N–H and O–H groups in total. The average Bonchev–Trinajstić information content (AvgIpc) is 3.71.